The minimum Gasteiger partial charge on any atom is -0.462 e. The van der Waals surface area contributed by atoms with Crippen molar-refractivity contribution < 1.29 is 23.5 Å². The average Bonchev–Trinajstić information content (AvgIpc) is 2.89. The molecule has 2 aromatic carbocycles. The molecule has 0 amide bonds. The maximum Gasteiger partial charge on any atom is 0.344 e. The fraction of sp³-hybridized carbons (Fsp3) is 0.222. The van der Waals surface area contributed by atoms with Crippen molar-refractivity contribution in [3.8, 4) is 5.75 Å². The highest BCUT2D eigenvalue weighted by Crippen LogP contribution is 2.42. The van der Waals surface area contributed by atoms with Crippen LogP contribution in [0.1, 0.15) is 29.8 Å². The Kier molecular flexibility index (Phi) is 3.89. The highest BCUT2D eigenvalue weighted by atomic mass is 16.5. The van der Waals surface area contributed by atoms with Crippen molar-refractivity contribution in [3.05, 3.63) is 35.4 Å². The SMILES string of the molecule is CCOC(=O)c1c(N)oc2c1c(C)c(OC(C)=O)c1ccccc12. The van der Waals surface area contributed by atoms with E-state index >= 15 is 0 Å². The Bertz CT molecular complexity index is 971. The van der Waals surface area contributed by atoms with Crippen LogP contribution in [0, 0.1) is 6.92 Å². The lowest BCUT2D eigenvalue weighted by molar-refractivity contribution is -0.131. The van der Waals surface area contributed by atoms with Gasteiger partial charge in [0.15, 0.2) is 0 Å². The molecule has 1 heterocycles. The number of nitrogens with two attached hydrogens (primary N) is 1. The minimum absolute atomic E-state index is 0.0170. The first-order valence-electron chi connectivity index (χ1n) is 7.54. The highest BCUT2D eigenvalue weighted by Gasteiger charge is 2.26. The van der Waals surface area contributed by atoms with E-state index in [2.05, 4.69) is 0 Å². The van der Waals surface area contributed by atoms with Crippen molar-refractivity contribution >= 4 is 39.6 Å². The number of nitrogen functional groups attached to an aromatic ring is 1. The van der Waals surface area contributed by atoms with E-state index in [4.69, 9.17) is 19.6 Å². The number of ether oxygens (including phenoxy) is 2. The van der Waals surface area contributed by atoms with Gasteiger partial charge in [-0.1, -0.05) is 24.3 Å². The van der Waals surface area contributed by atoms with Crippen LogP contribution in [0.2, 0.25) is 0 Å². The van der Waals surface area contributed by atoms with Crippen LogP contribution in [0.3, 0.4) is 0 Å². The standard InChI is InChI=1S/C18H17NO5/c1-4-22-18(21)14-13-9(2)15(23-10(3)20)11-7-5-6-8-12(11)16(13)24-17(14)19/h5-8H,4,19H2,1-3H3. The van der Waals surface area contributed by atoms with E-state index in [1.165, 1.54) is 6.92 Å². The first-order valence-corrected chi connectivity index (χ1v) is 7.54. The van der Waals surface area contributed by atoms with E-state index in [9.17, 15) is 9.59 Å². The molecular formula is C18H17NO5. The van der Waals surface area contributed by atoms with Crippen LogP contribution >= 0.6 is 0 Å². The molecule has 24 heavy (non-hydrogen) atoms. The summed E-state index contributed by atoms with van der Waals surface area (Å²) in [4.78, 5) is 23.8. The second-order valence-corrected chi connectivity index (χ2v) is 5.36. The maximum atomic E-state index is 12.3. The Morgan fingerprint density at radius 3 is 2.50 bits per heavy atom. The molecule has 0 fully saturated rings. The number of benzene rings is 2. The minimum atomic E-state index is -0.569. The molecule has 0 bridgehead atoms. The van der Waals surface area contributed by atoms with Crippen molar-refractivity contribution in [1.82, 2.24) is 0 Å². The third kappa shape index (κ3) is 2.36. The summed E-state index contributed by atoms with van der Waals surface area (Å²) in [6.45, 7) is 5.01. The normalized spacial score (nSPS) is 11.0. The highest BCUT2D eigenvalue weighted by molar-refractivity contribution is 6.18. The fourth-order valence-electron chi connectivity index (χ4n) is 2.87. The van der Waals surface area contributed by atoms with Crippen LogP contribution < -0.4 is 10.5 Å². The van der Waals surface area contributed by atoms with Gasteiger partial charge in [0.2, 0.25) is 5.88 Å². The molecule has 0 saturated heterocycles. The van der Waals surface area contributed by atoms with Gasteiger partial charge in [-0.15, -0.1) is 0 Å². The van der Waals surface area contributed by atoms with E-state index in [1.54, 1.807) is 13.8 Å². The number of hydrogen-bond acceptors (Lipinski definition) is 6. The summed E-state index contributed by atoms with van der Waals surface area (Å²) < 4.78 is 16.1. The van der Waals surface area contributed by atoms with Gasteiger partial charge in [0.25, 0.3) is 0 Å². The second kappa shape index (κ2) is 5.88. The van der Waals surface area contributed by atoms with E-state index in [1.807, 2.05) is 24.3 Å². The third-order valence-corrected chi connectivity index (χ3v) is 3.79. The summed E-state index contributed by atoms with van der Waals surface area (Å²) in [5.74, 6) is -0.647. The van der Waals surface area contributed by atoms with E-state index in [-0.39, 0.29) is 18.1 Å². The molecule has 0 aliphatic rings. The lowest BCUT2D eigenvalue weighted by Gasteiger charge is -2.11. The monoisotopic (exact) mass is 327 g/mol. The average molecular weight is 327 g/mol. The molecule has 124 valence electrons. The third-order valence-electron chi connectivity index (χ3n) is 3.79. The Morgan fingerprint density at radius 2 is 1.88 bits per heavy atom. The molecule has 1 aromatic heterocycles. The molecule has 2 N–H and O–H groups in total. The topological polar surface area (TPSA) is 91.8 Å². The van der Waals surface area contributed by atoms with Gasteiger partial charge in [-0.05, 0) is 13.8 Å². The van der Waals surface area contributed by atoms with Gasteiger partial charge in [0, 0.05) is 28.6 Å². The van der Waals surface area contributed by atoms with Gasteiger partial charge >= 0.3 is 11.9 Å². The predicted molar refractivity (Wildman–Crippen MR) is 90.1 cm³/mol. The summed E-state index contributed by atoms with van der Waals surface area (Å²) in [7, 11) is 0. The van der Waals surface area contributed by atoms with Crippen molar-refractivity contribution in [2.45, 2.75) is 20.8 Å². The van der Waals surface area contributed by atoms with Crippen LogP contribution in [-0.2, 0) is 9.53 Å². The largest absolute Gasteiger partial charge is 0.462 e. The first-order chi connectivity index (χ1) is 11.5. The zero-order valence-corrected chi connectivity index (χ0v) is 13.6. The molecule has 0 radical (unpaired) electrons. The van der Waals surface area contributed by atoms with Crippen LogP contribution in [0.4, 0.5) is 5.88 Å². The van der Waals surface area contributed by atoms with Crippen molar-refractivity contribution in [2.75, 3.05) is 12.3 Å². The molecule has 0 aliphatic carbocycles. The molecule has 0 spiro atoms. The number of carbonyl (C=O) groups is 2. The van der Waals surface area contributed by atoms with E-state index in [0.717, 1.165) is 0 Å². The number of anilines is 1. The zero-order chi connectivity index (χ0) is 17.4. The van der Waals surface area contributed by atoms with E-state index in [0.29, 0.717) is 33.1 Å². The molecule has 0 atom stereocenters. The van der Waals surface area contributed by atoms with E-state index < -0.39 is 11.9 Å². The smallest absolute Gasteiger partial charge is 0.344 e. The molecular weight excluding hydrogens is 310 g/mol. The van der Waals surface area contributed by atoms with Gasteiger partial charge in [0.05, 0.1) is 6.61 Å². The quantitative estimate of drug-likeness (QED) is 0.584. The lowest BCUT2D eigenvalue weighted by atomic mass is 9.99. The number of carbonyl (C=O) groups excluding carboxylic acids is 2. The van der Waals surface area contributed by atoms with Gasteiger partial charge in [-0.2, -0.15) is 0 Å². The second-order valence-electron chi connectivity index (χ2n) is 5.36. The summed E-state index contributed by atoms with van der Waals surface area (Å²) in [5.41, 5.74) is 7.15. The number of aryl methyl sites for hydroxylation is 1. The van der Waals surface area contributed by atoms with Crippen molar-refractivity contribution in [1.29, 1.82) is 0 Å². The molecule has 3 rings (SSSR count). The zero-order valence-electron chi connectivity index (χ0n) is 13.6. The predicted octanol–water partition coefficient (Wildman–Crippen LogP) is 3.58. The fourth-order valence-corrected chi connectivity index (χ4v) is 2.87. The Labute approximate surface area is 138 Å². The van der Waals surface area contributed by atoms with Gasteiger partial charge in [-0.25, -0.2) is 4.79 Å². The molecule has 0 unspecified atom stereocenters. The Hall–Kier alpha value is -3.02. The maximum absolute atomic E-state index is 12.3. The van der Waals surface area contributed by atoms with Crippen LogP contribution in [0.5, 0.6) is 5.75 Å². The number of furan rings is 1. The number of rotatable bonds is 3. The molecule has 0 saturated carbocycles. The first kappa shape index (κ1) is 15.9. The number of hydrogen-bond donors (Lipinski definition) is 1. The summed E-state index contributed by atoms with van der Waals surface area (Å²) in [6, 6.07) is 7.31. The molecule has 6 nitrogen and oxygen atoms in total. The molecule has 3 aromatic rings. The van der Waals surface area contributed by atoms with Gasteiger partial charge in [0.1, 0.15) is 16.9 Å². The summed E-state index contributed by atoms with van der Waals surface area (Å²) >= 11 is 0. The number of fused-ring (bicyclic) bond motifs is 3. The van der Waals surface area contributed by atoms with Crippen LogP contribution in [0.25, 0.3) is 21.7 Å². The van der Waals surface area contributed by atoms with Gasteiger partial charge < -0.3 is 19.6 Å². The van der Waals surface area contributed by atoms with Crippen LogP contribution in [-0.4, -0.2) is 18.5 Å². The Balaban J connectivity index is 2.46. The van der Waals surface area contributed by atoms with Gasteiger partial charge in [-0.3, -0.25) is 4.79 Å². The summed E-state index contributed by atoms with van der Waals surface area (Å²) in [5, 5.41) is 1.92. The number of esters is 2. The van der Waals surface area contributed by atoms with Crippen molar-refractivity contribution in [3.63, 3.8) is 0 Å². The summed E-state index contributed by atoms with van der Waals surface area (Å²) in [6.07, 6.45) is 0. The molecule has 6 heteroatoms. The van der Waals surface area contributed by atoms with Crippen molar-refractivity contribution in [2.24, 2.45) is 0 Å². The molecule has 0 aliphatic heterocycles. The Morgan fingerprint density at radius 1 is 1.21 bits per heavy atom. The lowest BCUT2D eigenvalue weighted by Crippen LogP contribution is -2.08. The van der Waals surface area contributed by atoms with Crippen LogP contribution in [0.15, 0.2) is 28.7 Å².